The number of thioether (sulfide) groups is 1. The summed E-state index contributed by atoms with van der Waals surface area (Å²) in [6.45, 7) is 2.37. The second kappa shape index (κ2) is 11.3. The number of hydrogen-bond acceptors (Lipinski definition) is 5. The van der Waals surface area contributed by atoms with Crippen LogP contribution in [0.3, 0.4) is 0 Å². The fraction of sp³-hybridized carbons (Fsp3) is 0.333. The Morgan fingerprint density at radius 2 is 1.85 bits per heavy atom. The Bertz CT molecular complexity index is 736. The minimum absolute atomic E-state index is 0.129. The van der Waals surface area contributed by atoms with E-state index in [4.69, 9.17) is 9.47 Å². The lowest BCUT2D eigenvalue weighted by Crippen LogP contribution is -2.42. The molecule has 0 aliphatic carbocycles. The number of benzene rings is 2. The predicted molar refractivity (Wildman–Crippen MR) is 108 cm³/mol. The maximum atomic E-state index is 12.4. The molecule has 1 atom stereocenters. The van der Waals surface area contributed by atoms with Crippen LogP contribution in [0.4, 0.5) is 0 Å². The number of carbonyl (C=O) groups is 2. The van der Waals surface area contributed by atoms with Crippen molar-refractivity contribution in [3.8, 4) is 5.75 Å². The Morgan fingerprint density at radius 1 is 1.07 bits per heavy atom. The zero-order valence-electron chi connectivity index (χ0n) is 15.6. The number of esters is 1. The molecule has 2 rings (SSSR count). The van der Waals surface area contributed by atoms with Crippen LogP contribution < -0.4 is 10.1 Å². The molecular weight excluding hydrogens is 362 g/mol. The highest BCUT2D eigenvalue weighted by atomic mass is 32.2. The van der Waals surface area contributed by atoms with Gasteiger partial charge < -0.3 is 14.8 Å². The highest BCUT2D eigenvalue weighted by Gasteiger charge is 2.22. The summed E-state index contributed by atoms with van der Waals surface area (Å²) in [6.07, 6.45) is 2.47. The molecule has 6 heteroatoms. The van der Waals surface area contributed by atoms with E-state index in [9.17, 15) is 9.59 Å². The molecule has 5 nitrogen and oxygen atoms in total. The van der Waals surface area contributed by atoms with Gasteiger partial charge in [0.25, 0.3) is 5.91 Å². The Morgan fingerprint density at radius 3 is 2.56 bits per heavy atom. The van der Waals surface area contributed by atoms with Gasteiger partial charge in [-0.15, -0.1) is 0 Å². The highest BCUT2D eigenvalue weighted by Crippen LogP contribution is 2.12. The molecule has 0 aromatic heterocycles. The first-order valence-corrected chi connectivity index (χ1v) is 10.2. The largest absolute Gasteiger partial charge is 0.490 e. The summed E-state index contributed by atoms with van der Waals surface area (Å²) >= 11 is 1.61. The lowest BCUT2D eigenvalue weighted by Gasteiger charge is -2.17. The van der Waals surface area contributed by atoms with Gasteiger partial charge in [-0.1, -0.05) is 30.3 Å². The van der Waals surface area contributed by atoms with Gasteiger partial charge in [0, 0.05) is 5.56 Å². The van der Waals surface area contributed by atoms with Gasteiger partial charge in [0.15, 0.2) is 0 Å². The summed E-state index contributed by atoms with van der Waals surface area (Å²) < 4.78 is 10.9. The number of hydrogen-bond donors (Lipinski definition) is 1. The second-order valence-corrected chi connectivity index (χ2v) is 6.99. The Labute approximate surface area is 164 Å². The maximum Gasteiger partial charge on any atom is 0.328 e. The predicted octanol–water partition coefficient (Wildman–Crippen LogP) is 3.47. The number of aryl methyl sites for hydroxylation is 1. The van der Waals surface area contributed by atoms with E-state index < -0.39 is 12.0 Å². The van der Waals surface area contributed by atoms with Crippen LogP contribution in [0.5, 0.6) is 5.75 Å². The number of amides is 1. The minimum Gasteiger partial charge on any atom is -0.490 e. The zero-order chi connectivity index (χ0) is 19.5. The zero-order valence-corrected chi connectivity index (χ0v) is 16.5. The van der Waals surface area contributed by atoms with Crippen molar-refractivity contribution in [3.05, 3.63) is 65.7 Å². The SMILES string of the molecule is CSCCC(NC(=O)c1ccccc1)C(=O)OCCOc1cccc(C)c1. The molecule has 0 saturated carbocycles. The van der Waals surface area contributed by atoms with Crippen molar-refractivity contribution in [2.75, 3.05) is 25.2 Å². The lowest BCUT2D eigenvalue weighted by molar-refractivity contribution is -0.146. The lowest BCUT2D eigenvalue weighted by atomic mass is 10.1. The third-order valence-electron chi connectivity index (χ3n) is 3.82. The van der Waals surface area contributed by atoms with Crippen LogP contribution in [0.2, 0.25) is 0 Å². The molecule has 144 valence electrons. The molecule has 1 N–H and O–H groups in total. The Balaban J connectivity index is 1.83. The molecule has 0 fully saturated rings. The molecule has 0 heterocycles. The van der Waals surface area contributed by atoms with E-state index >= 15 is 0 Å². The Hall–Kier alpha value is -2.47. The van der Waals surface area contributed by atoms with E-state index in [-0.39, 0.29) is 19.1 Å². The number of carbonyl (C=O) groups excluding carboxylic acids is 2. The van der Waals surface area contributed by atoms with Gasteiger partial charge in [-0.2, -0.15) is 11.8 Å². The van der Waals surface area contributed by atoms with E-state index in [0.717, 1.165) is 17.1 Å². The Kier molecular flexibility index (Phi) is 8.71. The summed E-state index contributed by atoms with van der Waals surface area (Å²) in [5.74, 6) is 0.757. The first-order valence-electron chi connectivity index (χ1n) is 8.81. The first kappa shape index (κ1) is 20.8. The number of nitrogens with one attached hydrogen (secondary N) is 1. The smallest absolute Gasteiger partial charge is 0.328 e. The molecule has 1 unspecified atom stereocenters. The van der Waals surface area contributed by atoms with Crippen LogP contribution in [0.25, 0.3) is 0 Å². The summed E-state index contributed by atoms with van der Waals surface area (Å²) in [6, 6.07) is 15.8. The molecule has 0 saturated heterocycles. The molecule has 0 aliphatic rings. The first-order chi connectivity index (χ1) is 13.1. The summed E-state index contributed by atoms with van der Waals surface area (Å²) in [4.78, 5) is 24.7. The van der Waals surface area contributed by atoms with Crippen molar-refractivity contribution in [1.82, 2.24) is 5.32 Å². The molecule has 1 amide bonds. The van der Waals surface area contributed by atoms with Crippen LogP contribution >= 0.6 is 11.8 Å². The van der Waals surface area contributed by atoms with Crippen LogP contribution in [-0.4, -0.2) is 43.1 Å². The van der Waals surface area contributed by atoms with Crippen LogP contribution in [0, 0.1) is 6.92 Å². The normalized spacial score (nSPS) is 11.5. The summed E-state index contributed by atoms with van der Waals surface area (Å²) in [5, 5.41) is 2.77. The molecule has 0 bridgehead atoms. The van der Waals surface area contributed by atoms with Gasteiger partial charge in [-0.3, -0.25) is 4.79 Å². The quantitative estimate of drug-likeness (QED) is 0.500. The van der Waals surface area contributed by atoms with Crippen molar-refractivity contribution >= 4 is 23.6 Å². The topological polar surface area (TPSA) is 64.6 Å². The summed E-state index contributed by atoms with van der Waals surface area (Å²) in [7, 11) is 0. The third-order valence-corrected chi connectivity index (χ3v) is 4.47. The van der Waals surface area contributed by atoms with Crippen molar-refractivity contribution in [2.45, 2.75) is 19.4 Å². The van der Waals surface area contributed by atoms with Crippen LogP contribution in [0.1, 0.15) is 22.3 Å². The van der Waals surface area contributed by atoms with Gasteiger partial charge in [0.2, 0.25) is 0 Å². The van der Waals surface area contributed by atoms with Gasteiger partial charge in [0.1, 0.15) is 25.0 Å². The summed E-state index contributed by atoms with van der Waals surface area (Å²) in [5.41, 5.74) is 1.62. The molecule has 0 aliphatic heterocycles. The molecular formula is C21H25NO4S. The fourth-order valence-electron chi connectivity index (χ4n) is 2.42. The van der Waals surface area contributed by atoms with Gasteiger partial charge in [0.05, 0.1) is 0 Å². The van der Waals surface area contributed by atoms with Gasteiger partial charge in [-0.05, 0) is 55.2 Å². The average molecular weight is 388 g/mol. The minimum atomic E-state index is -0.677. The second-order valence-electron chi connectivity index (χ2n) is 6.01. The molecule has 2 aromatic rings. The molecule has 27 heavy (non-hydrogen) atoms. The standard InChI is InChI=1S/C21H25NO4S/c1-16-7-6-10-18(15-16)25-12-13-26-21(24)19(11-14-27-2)22-20(23)17-8-4-3-5-9-17/h3-10,15,19H,11-14H2,1-2H3,(H,22,23). The van der Waals surface area contributed by atoms with Crippen LogP contribution in [0.15, 0.2) is 54.6 Å². The van der Waals surface area contributed by atoms with E-state index in [1.807, 2.05) is 43.5 Å². The number of rotatable bonds is 10. The van der Waals surface area contributed by atoms with E-state index in [1.165, 1.54) is 0 Å². The van der Waals surface area contributed by atoms with E-state index in [0.29, 0.717) is 12.0 Å². The molecule has 2 aromatic carbocycles. The van der Waals surface area contributed by atoms with Gasteiger partial charge in [-0.25, -0.2) is 4.79 Å². The average Bonchev–Trinajstić information content (AvgIpc) is 2.69. The monoisotopic (exact) mass is 387 g/mol. The highest BCUT2D eigenvalue weighted by molar-refractivity contribution is 7.98. The van der Waals surface area contributed by atoms with Crippen molar-refractivity contribution in [1.29, 1.82) is 0 Å². The number of ether oxygens (including phenoxy) is 2. The maximum absolute atomic E-state index is 12.4. The van der Waals surface area contributed by atoms with E-state index in [1.54, 1.807) is 36.0 Å². The van der Waals surface area contributed by atoms with Gasteiger partial charge >= 0.3 is 5.97 Å². The van der Waals surface area contributed by atoms with Crippen molar-refractivity contribution in [2.24, 2.45) is 0 Å². The van der Waals surface area contributed by atoms with Crippen LogP contribution in [-0.2, 0) is 9.53 Å². The fourth-order valence-corrected chi connectivity index (χ4v) is 2.89. The van der Waals surface area contributed by atoms with Crippen molar-refractivity contribution < 1.29 is 19.1 Å². The molecule has 0 radical (unpaired) electrons. The van der Waals surface area contributed by atoms with E-state index in [2.05, 4.69) is 5.32 Å². The van der Waals surface area contributed by atoms with Crippen molar-refractivity contribution in [3.63, 3.8) is 0 Å². The molecule has 0 spiro atoms. The third kappa shape index (κ3) is 7.35.